The fraction of sp³-hybridized carbons (Fsp3) is 0.0625. The molecule has 0 radical (unpaired) electrons. The number of aromatic nitrogens is 3. The number of nitriles is 1. The third-order valence-corrected chi connectivity index (χ3v) is 3.06. The highest BCUT2D eigenvalue weighted by Gasteiger charge is 2.14. The van der Waals surface area contributed by atoms with E-state index in [4.69, 9.17) is 0 Å². The molecule has 20 heavy (non-hydrogen) atoms. The van der Waals surface area contributed by atoms with Crippen LogP contribution in [-0.2, 0) is 6.54 Å². The summed E-state index contributed by atoms with van der Waals surface area (Å²) in [6, 6.07) is 21.7. The molecule has 96 valence electrons. The lowest BCUT2D eigenvalue weighted by atomic mass is 10.1. The molecule has 0 saturated heterocycles. The molecule has 3 aromatic rings. The van der Waals surface area contributed by atoms with Crippen molar-refractivity contribution >= 4 is 0 Å². The molecule has 4 heteroatoms. The first-order valence-corrected chi connectivity index (χ1v) is 6.31. The smallest absolute Gasteiger partial charge is 0.167 e. The maximum absolute atomic E-state index is 9.38. The van der Waals surface area contributed by atoms with E-state index < -0.39 is 0 Å². The Hall–Kier alpha value is -2.93. The quantitative estimate of drug-likeness (QED) is 0.727. The van der Waals surface area contributed by atoms with Crippen molar-refractivity contribution in [3.8, 4) is 17.3 Å². The predicted octanol–water partition coefficient (Wildman–Crippen LogP) is 2.87. The molecule has 3 rings (SSSR count). The van der Waals surface area contributed by atoms with Gasteiger partial charge < -0.3 is 0 Å². The van der Waals surface area contributed by atoms with Gasteiger partial charge in [-0.25, -0.2) is 4.68 Å². The first-order chi connectivity index (χ1) is 9.88. The van der Waals surface area contributed by atoms with E-state index in [0.29, 0.717) is 17.9 Å². The van der Waals surface area contributed by atoms with Crippen LogP contribution in [0.25, 0.3) is 11.3 Å². The molecule has 0 bridgehead atoms. The lowest BCUT2D eigenvalue weighted by Crippen LogP contribution is -2.04. The number of nitrogens with zero attached hydrogens (tertiary/aromatic N) is 4. The second-order valence-electron chi connectivity index (χ2n) is 4.41. The molecule has 0 aliphatic carbocycles. The SMILES string of the molecule is N#Cc1c(-c2ccccc2)nnn1Cc1ccccc1. The van der Waals surface area contributed by atoms with Gasteiger partial charge in [-0.1, -0.05) is 65.9 Å². The molecular weight excluding hydrogens is 248 g/mol. The maximum Gasteiger partial charge on any atom is 0.167 e. The molecule has 1 aromatic heterocycles. The minimum Gasteiger partial charge on any atom is -0.230 e. The van der Waals surface area contributed by atoms with E-state index in [1.807, 2.05) is 60.7 Å². The summed E-state index contributed by atoms with van der Waals surface area (Å²) >= 11 is 0. The van der Waals surface area contributed by atoms with Gasteiger partial charge in [-0.2, -0.15) is 5.26 Å². The summed E-state index contributed by atoms with van der Waals surface area (Å²) in [5.74, 6) is 0. The Balaban J connectivity index is 1.99. The van der Waals surface area contributed by atoms with Gasteiger partial charge in [-0.05, 0) is 5.56 Å². The van der Waals surface area contributed by atoms with Crippen molar-refractivity contribution in [3.05, 3.63) is 71.9 Å². The Labute approximate surface area is 116 Å². The van der Waals surface area contributed by atoms with E-state index in [1.165, 1.54) is 0 Å². The zero-order chi connectivity index (χ0) is 13.8. The first kappa shape index (κ1) is 12.1. The van der Waals surface area contributed by atoms with Crippen molar-refractivity contribution in [1.82, 2.24) is 15.0 Å². The van der Waals surface area contributed by atoms with Gasteiger partial charge in [0.15, 0.2) is 5.69 Å². The molecule has 0 spiro atoms. The molecule has 2 aromatic carbocycles. The van der Waals surface area contributed by atoms with E-state index in [2.05, 4.69) is 16.4 Å². The van der Waals surface area contributed by atoms with E-state index >= 15 is 0 Å². The number of hydrogen-bond donors (Lipinski definition) is 0. The third-order valence-electron chi connectivity index (χ3n) is 3.06. The van der Waals surface area contributed by atoms with E-state index in [0.717, 1.165) is 11.1 Å². The second-order valence-corrected chi connectivity index (χ2v) is 4.41. The average molecular weight is 260 g/mol. The molecule has 0 fully saturated rings. The van der Waals surface area contributed by atoms with E-state index in [1.54, 1.807) is 4.68 Å². The van der Waals surface area contributed by atoms with Crippen molar-refractivity contribution in [2.45, 2.75) is 6.54 Å². The fourth-order valence-corrected chi connectivity index (χ4v) is 2.08. The molecule has 0 aliphatic rings. The lowest BCUT2D eigenvalue weighted by Gasteiger charge is -2.02. The van der Waals surface area contributed by atoms with Crippen LogP contribution >= 0.6 is 0 Å². The summed E-state index contributed by atoms with van der Waals surface area (Å²) in [6.45, 7) is 0.545. The molecule has 0 unspecified atom stereocenters. The first-order valence-electron chi connectivity index (χ1n) is 6.31. The van der Waals surface area contributed by atoms with Crippen molar-refractivity contribution in [2.24, 2.45) is 0 Å². The monoisotopic (exact) mass is 260 g/mol. The lowest BCUT2D eigenvalue weighted by molar-refractivity contribution is 0.643. The normalized spacial score (nSPS) is 10.2. The van der Waals surface area contributed by atoms with Crippen molar-refractivity contribution in [2.75, 3.05) is 0 Å². The van der Waals surface area contributed by atoms with Crippen LogP contribution in [0.5, 0.6) is 0 Å². The molecule has 0 saturated carbocycles. The van der Waals surface area contributed by atoms with Gasteiger partial charge in [0.25, 0.3) is 0 Å². The van der Waals surface area contributed by atoms with Crippen molar-refractivity contribution < 1.29 is 0 Å². The Morgan fingerprint density at radius 3 is 2.25 bits per heavy atom. The topological polar surface area (TPSA) is 54.5 Å². The summed E-state index contributed by atoms with van der Waals surface area (Å²) in [5, 5.41) is 17.6. The summed E-state index contributed by atoms with van der Waals surface area (Å²) in [7, 11) is 0. The van der Waals surface area contributed by atoms with Gasteiger partial charge in [0.1, 0.15) is 11.8 Å². The standard InChI is InChI=1S/C16H12N4/c17-11-15-16(14-9-5-2-6-10-14)18-19-20(15)12-13-7-3-1-4-8-13/h1-10H,12H2. The van der Waals surface area contributed by atoms with Gasteiger partial charge in [0.2, 0.25) is 0 Å². The fourth-order valence-electron chi connectivity index (χ4n) is 2.08. The van der Waals surface area contributed by atoms with Crippen LogP contribution in [0, 0.1) is 11.3 Å². The Morgan fingerprint density at radius 2 is 1.60 bits per heavy atom. The van der Waals surface area contributed by atoms with Gasteiger partial charge in [-0.15, -0.1) is 5.10 Å². The maximum atomic E-state index is 9.38. The van der Waals surface area contributed by atoms with Crippen LogP contribution in [0.15, 0.2) is 60.7 Å². The molecule has 0 N–H and O–H groups in total. The summed E-state index contributed by atoms with van der Waals surface area (Å²) in [4.78, 5) is 0. The minimum atomic E-state index is 0.486. The molecule has 0 amide bonds. The van der Waals surface area contributed by atoms with Crippen LogP contribution in [0.4, 0.5) is 0 Å². The van der Waals surface area contributed by atoms with Crippen LogP contribution in [0.2, 0.25) is 0 Å². The molecule has 0 aliphatic heterocycles. The van der Waals surface area contributed by atoms with Crippen molar-refractivity contribution in [1.29, 1.82) is 5.26 Å². The van der Waals surface area contributed by atoms with Gasteiger partial charge in [0, 0.05) is 5.56 Å². The number of rotatable bonds is 3. The third kappa shape index (κ3) is 2.29. The molecular formula is C16H12N4. The zero-order valence-electron chi connectivity index (χ0n) is 10.8. The van der Waals surface area contributed by atoms with Crippen LogP contribution in [0.1, 0.15) is 11.3 Å². The zero-order valence-corrected chi connectivity index (χ0v) is 10.8. The Bertz CT molecular complexity index is 739. The van der Waals surface area contributed by atoms with Crippen LogP contribution in [0.3, 0.4) is 0 Å². The average Bonchev–Trinajstić information content (AvgIpc) is 2.92. The Kier molecular flexibility index (Phi) is 3.25. The highest BCUT2D eigenvalue weighted by Crippen LogP contribution is 2.20. The minimum absolute atomic E-state index is 0.486. The van der Waals surface area contributed by atoms with Gasteiger partial charge in [0.05, 0.1) is 6.54 Å². The van der Waals surface area contributed by atoms with E-state index in [-0.39, 0.29) is 0 Å². The molecule has 1 heterocycles. The van der Waals surface area contributed by atoms with Crippen molar-refractivity contribution in [3.63, 3.8) is 0 Å². The summed E-state index contributed by atoms with van der Waals surface area (Å²) in [6.07, 6.45) is 0. The van der Waals surface area contributed by atoms with E-state index in [9.17, 15) is 5.26 Å². The molecule has 0 atom stereocenters. The second kappa shape index (κ2) is 5.37. The van der Waals surface area contributed by atoms with Crippen LogP contribution < -0.4 is 0 Å². The highest BCUT2D eigenvalue weighted by molar-refractivity contribution is 5.64. The summed E-state index contributed by atoms with van der Waals surface area (Å²) in [5.41, 5.74) is 3.11. The summed E-state index contributed by atoms with van der Waals surface area (Å²) < 4.78 is 1.64. The molecule has 4 nitrogen and oxygen atoms in total. The largest absolute Gasteiger partial charge is 0.230 e. The number of hydrogen-bond acceptors (Lipinski definition) is 3. The van der Waals surface area contributed by atoms with Crippen LogP contribution in [-0.4, -0.2) is 15.0 Å². The van der Waals surface area contributed by atoms with Gasteiger partial charge in [-0.3, -0.25) is 0 Å². The number of benzene rings is 2. The highest BCUT2D eigenvalue weighted by atomic mass is 15.4. The van der Waals surface area contributed by atoms with Gasteiger partial charge >= 0.3 is 0 Å². The Morgan fingerprint density at radius 1 is 0.950 bits per heavy atom. The predicted molar refractivity (Wildman–Crippen MR) is 75.7 cm³/mol.